The van der Waals surface area contributed by atoms with E-state index in [2.05, 4.69) is 33.1 Å². The Labute approximate surface area is 155 Å². The number of benzene rings is 2. The van der Waals surface area contributed by atoms with Crippen LogP contribution in [0.1, 0.15) is 0 Å². The Hall–Kier alpha value is -2.65. The van der Waals surface area contributed by atoms with Crippen molar-refractivity contribution in [2.24, 2.45) is 0 Å². The average Bonchev–Trinajstić information content (AvgIpc) is 2.63. The predicted octanol–water partition coefficient (Wildman–Crippen LogP) is 3.04. The Morgan fingerprint density at radius 1 is 1.08 bits per heavy atom. The summed E-state index contributed by atoms with van der Waals surface area (Å²) in [6.07, 6.45) is 0. The summed E-state index contributed by atoms with van der Waals surface area (Å²) in [6.45, 7) is 0.386. The third kappa shape index (κ3) is 6.77. The number of carbonyl (C=O) groups excluding carboxylic acids is 1. The van der Waals surface area contributed by atoms with E-state index in [1.54, 1.807) is 19.2 Å². The van der Waals surface area contributed by atoms with Gasteiger partial charge in [0.05, 0.1) is 13.7 Å². The molecule has 2 aromatic carbocycles. The molecule has 6 heteroatoms. The molecule has 2 rings (SSSR count). The van der Waals surface area contributed by atoms with Gasteiger partial charge in [-0.2, -0.15) is 0 Å². The molecule has 0 radical (unpaired) electrons. The highest BCUT2D eigenvalue weighted by atomic mass is 79.9. The number of amides is 1. The molecular formula is C19H18BrNO4. The molecule has 1 N–H and O–H groups in total. The fourth-order valence-corrected chi connectivity index (χ4v) is 2.24. The molecule has 1 amide bonds. The van der Waals surface area contributed by atoms with Crippen LogP contribution in [-0.4, -0.2) is 32.8 Å². The van der Waals surface area contributed by atoms with Gasteiger partial charge in [0, 0.05) is 4.47 Å². The summed E-state index contributed by atoms with van der Waals surface area (Å²) in [6, 6.07) is 14.7. The van der Waals surface area contributed by atoms with Gasteiger partial charge in [-0.15, -0.1) is 0 Å². The molecule has 0 saturated carbocycles. The van der Waals surface area contributed by atoms with Crippen LogP contribution in [0.4, 0.5) is 0 Å². The summed E-state index contributed by atoms with van der Waals surface area (Å²) >= 11 is 3.37. The molecule has 0 unspecified atom stereocenters. The van der Waals surface area contributed by atoms with Crippen molar-refractivity contribution in [3.63, 3.8) is 0 Å². The summed E-state index contributed by atoms with van der Waals surface area (Å²) in [5, 5.41) is 2.66. The molecule has 0 aliphatic rings. The minimum absolute atomic E-state index is 0.101. The van der Waals surface area contributed by atoms with E-state index in [4.69, 9.17) is 14.2 Å². The number of hydrogen-bond donors (Lipinski definition) is 1. The molecule has 25 heavy (non-hydrogen) atoms. The zero-order chi connectivity index (χ0) is 17.9. The van der Waals surface area contributed by atoms with Gasteiger partial charge >= 0.3 is 0 Å². The Bertz CT molecular complexity index is 767. The lowest BCUT2D eigenvalue weighted by atomic mass is 10.3. The first-order chi connectivity index (χ1) is 12.2. The fourth-order valence-electron chi connectivity index (χ4n) is 1.86. The third-order valence-electron chi connectivity index (χ3n) is 3.03. The number of para-hydroxylation sites is 2. The van der Waals surface area contributed by atoms with Crippen molar-refractivity contribution in [2.45, 2.75) is 0 Å². The van der Waals surface area contributed by atoms with Gasteiger partial charge in [-0.25, -0.2) is 0 Å². The van der Waals surface area contributed by atoms with Crippen LogP contribution in [0.25, 0.3) is 0 Å². The van der Waals surface area contributed by atoms with Crippen LogP contribution in [0.3, 0.4) is 0 Å². The quantitative estimate of drug-likeness (QED) is 0.721. The molecule has 0 fully saturated rings. The Kier molecular flexibility index (Phi) is 7.67. The molecule has 0 aliphatic carbocycles. The molecule has 0 heterocycles. The van der Waals surface area contributed by atoms with E-state index >= 15 is 0 Å². The highest BCUT2D eigenvalue weighted by Gasteiger charge is 2.05. The summed E-state index contributed by atoms with van der Waals surface area (Å²) in [7, 11) is 1.55. The topological polar surface area (TPSA) is 56.8 Å². The maximum absolute atomic E-state index is 11.7. The van der Waals surface area contributed by atoms with E-state index in [0.717, 1.165) is 10.2 Å². The SMILES string of the molecule is COc1ccccc1OCC(=O)NCC#CCOc1cccc(Br)c1. The average molecular weight is 404 g/mol. The van der Waals surface area contributed by atoms with Crippen molar-refractivity contribution in [3.8, 4) is 29.1 Å². The maximum Gasteiger partial charge on any atom is 0.258 e. The molecule has 2 aromatic rings. The lowest BCUT2D eigenvalue weighted by Gasteiger charge is -2.09. The highest BCUT2D eigenvalue weighted by Crippen LogP contribution is 2.25. The van der Waals surface area contributed by atoms with Gasteiger partial charge in [-0.05, 0) is 30.3 Å². The second-order valence-corrected chi connectivity index (χ2v) is 5.73. The first-order valence-electron chi connectivity index (χ1n) is 7.55. The Balaban J connectivity index is 1.65. The lowest BCUT2D eigenvalue weighted by Crippen LogP contribution is -2.29. The molecule has 0 saturated heterocycles. The minimum Gasteiger partial charge on any atom is -0.493 e. The first-order valence-corrected chi connectivity index (χ1v) is 8.35. The van der Waals surface area contributed by atoms with Gasteiger partial charge < -0.3 is 19.5 Å². The summed E-state index contributed by atoms with van der Waals surface area (Å²) in [4.78, 5) is 11.7. The number of halogens is 1. The van der Waals surface area contributed by atoms with Crippen molar-refractivity contribution in [1.82, 2.24) is 5.32 Å². The fraction of sp³-hybridized carbons (Fsp3) is 0.211. The van der Waals surface area contributed by atoms with Gasteiger partial charge in [-0.3, -0.25) is 4.79 Å². The van der Waals surface area contributed by atoms with Crippen LogP contribution in [0.2, 0.25) is 0 Å². The van der Waals surface area contributed by atoms with Crippen LogP contribution in [-0.2, 0) is 4.79 Å². The number of hydrogen-bond acceptors (Lipinski definition) is 4. The molecular weight excluding hydrogens is 386 g/mol. The van der Waals surface area contributed by atoms with Crippen molar-refractivity contribution in [2.75, 3.05) is 26.9 Å². The smallest absolute Gasteiger partial charge is 0.258 e. The van der Waals surface area contributed by atoms with Gasteiger partial charge in [-0.1, -0.05) is 46.0 Å². The number of rotatable bonds is 7. The second-order valence-electron chi connectivity index (χ2n) is 4.82. The normalized spacial score (nSPS) is 9.52. The van der Waals surface area contributed by atoms with Crippen molar-refractivity contribution in [1.29, 1.82) is 0 Å². The van der Waals surface area contributed by atoms with E-state index < -0.39 is 0 Å². The second kappa shape index (κ2) is 10.3. The van der Waals surface area contributed by atoms with Crippen LogP contribution in [0, 0.1) is 11.8 Å². The summed E-state index contributed by atoms with van der Waals surface area (Å²) in [5.74, 6) is 7.24. The minimum atomic E-state index is -0.256. The van der Waals surface area contributed by atoms with E-state index in [-0.39, 0.29) is 25.7 Å². The maximum atomic E-state index is 11.7. The van der Waals surface area contributed by atoms with Gasteiger partial charge in [0.1, 0.15) is 12.4 Å². The summed E-state index contributed by atoms with van der Waals surface area (Å²) in [5.41, 5.74) is 0. The molecule has 5 nitrogen and oxygen atoms in total. The van der Waals surface area contributed by atoms with E-state index in [0.29, 0.717) is 11.5 Å². The van der Waals surface area contributed by atoms with Gasteiger partial charge in [0.25, 0.3) is 5.91 Å². The van der Waals surface area contributed by atoms with Crippen LogP contribution in [0.5, 0.6) is 17.2 Å². The molecule has 0 bridgehead atoms. The standard InChI is InChI=1S/C19H18BrNO4/c1-23-17-9-2-3-10-18(17)25-14-19(22)21-11-4-5-12-24-16-8-6-7-15(20)13-16/h2-3,6-10,13H,11-12,14H2,1H3,(H,21,22). The summed E-state index contributed by atoms with van der Waals surface area (Å²) < 4.78 is 17.0. The first kappa shape index (κ1) is 18.7. The van der Waals surface area contributed by atoms with Crippen LogP contribution in [0.15, 0.2) is 53.0 Å². The number of ether oxygens (including phenoxy) is 3. The molecule has 0 aromatic heterocycles. The zero-order valence-electron chi connectivity index (χ0n) is 13.8. The van der Waals surface area contributed by atoms with Gasteiger partial charge in [0.15, 0.2) is 18.1 Å². The molecule has 130 valence electrons. The Morgan fingerprint density at radius 2 is 1.88 bits per heavy atom. The van der Waals surface area contributed by atoms with E-state index in [9.17, 15) is 4.79 Å². The van der Waals surface area contributed by atoms with Gasteiger partial charge in [0.2, 0.25) is 0 Å². The predicted molar refractivity (Wildman–Crippen MR) is 98.9 cm³/mol. The van der Waals surface area contributed by atoms with Crippen molar-refractivity contribution in [3.05, 3.63) is 53.0 Å². The lowest BCUT2D eigenvalue weighted by molar-refractivity contribution is -0.122. The highest BCUT2D eigenvalue weighted by molar-refractivity contribution is 9.10. The molecule has 0 spiro atoms. The monoisotopic (exact) mass is 403 g/mol. The van der Waals surface area contributed by atoms with Crippen LogP contribution >= 0.6 is 15.9 Å². The van der Waals surface area contributed by atoms with Crippen molar-refractivity contribution < 1.29 is 19.0 Å². The van der Waals surface area contributed by atoms with Crippen LogP contribution < -0.4 is 19.5 Å². The zero-order valence-corrected chi connectivity index (χ0v) is 15.3. The number of nitrogens with one attached hydrogen (secondary N) is 1. The molecule has 0 atom stereocenters. The van der Waals surface area contributed by atoms with Crippen molar-refractivity contribution >= 4 is 21.8 Å². The molecule has 0 aliphatic heterocycles. The number of methoxy groups -OCH3 is 1. The van der Waals surface area contributed by atoms with E-state index in [1.165, 1.54) is 0 Å². The largest absolute Gasteiger partial charge is 0.493 e. The third-order valence-corrected chi connectivity index (χ3v) is 3.53. The van der Waals surface area contributed by atoms with E-state index in [1.807, 2.05) is 36.4 Å². The number of carbonyl (C=O) groups is 1. The Morgan fingerprint density at radius 3 is 2.64 bits per heavy atom.